The van der Waals surface area contributed by atoms with Crippen molar-refractivity contribution < 1.29 is 0 Å². The van der Waals surface area contributed by atoms with E-state index in [1.54, 1.807) is 0 Å². The predicted molar refractivity (Wildman–Crippen MR) is 99.4 cm³/mol. The Bertz CT molecular complexity index is 507. The fourth-order valence-corrected chi connectivity index (χ4v) is 5.06. The fourth-order valence-electron chi connectivity index (χ4n) is 5.06. The molecule has 4 nitrogen and oxygen atoms in total. The Balaban J connectivity index is 1.32. The first kappa shape index (κ1) is 16.4. The highest BCUT2D eigenvalue weighted by atomic mass is 15.3. The number of aromatic amines is 1. The fraction of sp³-hybridized carbons (Fsp3) is 0.850. The monoisotopic (exact) mass is 330 g/mol. The van der Waals surface area contributed by atoms with Gasteiger partial charge in [-0.25, -0.2) is 0 Å². The van der Waals surface area contributed by atoms with Gasteiger partial charge < -0.3 is 10.2 Å². The van der Waals surface area contributed by atoms with Crippen LogP contribution in [0.3, 0.4) is 0 Å². The molecule has 24 heavy (non-hydrogen) atoms. The van der Waals surface area contributed by atoms with E-state index < -0.39 is 0 Å². The molecule has 3 fully saturated rings. The average Bonchev–Trinajstić information content (AvgIpc) is 3.01. The van der Waals surface area contributed by atoms with E-state index in [1.807, 2.05) is 0 Å². The van der Waals surface area contributed by atoms with E-state index >= 15 is 0 Å². The number of rotatable bonds is 5. The molecule has 1 aromatic rings. The normalized spacial score (nSPS) is 25.6. The molecule has 2 saturated carbocycles. The molecule has 0 amide bonds. The lowest BCUT2D eigenvalue weighted by Crippen LogP contribution is -2.52. The summed E-state index contributed by atoms with van der Waals surface area (Å²) in [7, 11) is 0. The van der Waals surface area contributed by atoms with E-state index in [9.17, 15) is 0 Å². The molecule has 2 aliphatic carbocycles. The molecule has 4 heteroatoms. The van der Waals surface area contributed by atoms with Gasteiger partial charge in [0.15, 0.2) is 5.82 Å². The molecule has 1 saturated heterocycles. The highest BCUT2D eigenvalue weighted by Gasteiger charge is 2.35. The third-order valence-electron chi connectivity index (χ3n) is 6.75. The summed E-state index contributed by atoms with van der Waals surface area (Å²) in [6.07, 6.45) is 14.3. The summed E-state index contributed by atoms with van der Waals surface area (Å²) < 4.78 is 0. The number of anilines is 1. The molecule has 2 heterocycles. The molecule has 1 unspecified atom stereocenters. The number of aryl methyl sites for hydroxylation is 1. The maximum Gasteiger partial charge on any atom is 0.150 e. The van der Waals surface area contributed by atoms with E-state index in [-0.39, 0.29) is 0 Å². The lowest BCUT2D eigenvalue weighted by atomic mass is 9.70. The predicted octanol–water partition coefficient (Wildman–Crippen LogP) is 4.03. The molecule has 2 N–H and O–H groups in total. The van der Waals surface area contributed by atoms with Gasteiger partial charge in [-0.3, -0.25) is 5.10 Å². The van der Waals surface area contributed by atoms with Crippen molar-refractivity contribution in [3.05, 3.63) is 11.8 Å². The van der Waals surface area contributed by atoms with Crippen molar-refractivity contribution in [2.75, 3.05) is 18.0 Å². The summed E-state index contributed by atoms with van der Waals surface area (Å²) in [5.41, 5.74) is 1.16. The molecule has 4 rings (SSSR count). The molecule has 3 aliphatic rings. The summed E-state index contributed by atoms with van der Waals surface area (Å²) in [5, 5.41) is 11.7. The van der Waals surface area contributed by atoms with Crippen LogP contribution < -0.4 is 10.2 Å². The summed E-state index contributed by atoms with van der Waals surface area (Å²) in [5.74, 6) is 3.06. The first-order valence-electron chi connectivity index (χ1n) is 10.3. The van der Waals surface area contributed by atoms with Crippen molar-refractivity contribution in [2.45, 2.75) is 83.2 Å². The van der Waals surface area contributed by atoms with E-state index in [0.29, 0.717) is 6.04 Å². The molecule has 0 aromatic carbocycles. The second-order valence-corrected chi connectivity index (χ2v) is 8.45. The van der Waals surface area contributed by atoms with Crippen molar-refractivity contribution >= 4 is 5.82 Å². The third kappa shape index (κ3) is 3.63. The second kappa shape index (κ2) is 7.47. The maximum atomic E-state index is 4.43. The van der Waals surface area contributed by atoms with Gasteiger partial charge in [-0.15, -0.1) is 0 Å². The minimum atomic E-state index is 0.716. The van der Waals surface area contributed by atoms with Crippen molar-refractivity contribution in [2.24, 2.45) is 11.8 Å². The number of piperidine rings is 1. The Kier molecular flexibility index (Phi) is 5.11. The van der Waals surface area contributed by atoms with Crippen molar-refractivity contribution in [1.29, 1.82) is 0 Å². The Morgan fingerprint density at radius 3 is 2.21 bits per heavy atom. The zero-order chi connectivity index (χ0) is 16.4. The molecule has 134 valence electrons. The lowest BCUT2D eigenvalue weighted by Gasteiger charge is -2.44. The first-order chi connectivity index (χ1) is 11.8. The van der Waals surface area contributed by atoms with Crippen LogP contribution in [0.1, 0.15) is 69.9 Å². The van der Waals surface area contributed by atoms with Crippen LogP contribution in [0.5, 0.6) is 0 Å². The highest BCUT2D eigenvalue weighted by molar-refractivity contribution is 5.39. The Morgan fingerprint density at radius 2 is 1.67 bits per heavy atom. The van der Waals surface area contributed by atoms with E-state index in [4.69, 9.17) is 0 Å². The number of hydrogen-bond donors (Lipinski definition) is 2. The summed E-state index contributed by atoms with van der Waals surface area (Å²) in [6.45, 7) is 4.37. The minimum absolute atomic E-state index is 0.716. The molecular formula is C20H34N4. The van der Waals surface area contributed by atoms with Crippen LogP contribution in [0.15, 0.2) is 6.07 Å². The van der Waals surface area contributed by atoms with Crippen LogP contribution in [0.2, 0.25) is 0 Å². The second-order valence-electron chi connectivity index (χ2n) is 8.45. The largest absolute Gasteiger partial charge is 0.355 e. The number of nitrogens with one attached hydrogen (secondary N) is 2. The number of H-pyrrole nitrogens is 1. The first-order valence-corrected chi connectivity index (χ1v) is 10.3. The average molecular weight is 331 g/mol. The molecule has 1 aromatic heterocycles. The Morgan fingerprint density at radius 1 is 1.00 bits per heavy atom. The standard InChI is InChI=1S/C20H34N4/c1-15-14-19(23-22-15)24-12-10-18(11-13-24)21-20(17-8-5-9-17)16-6-3-2-4-7-16/h14,16-18,20-21H,2-13H2,1H3,(H,22,23). The van der Waals surface area contributed by atoms with Crippen molar-refractivity contribution in [3.63, 3.8) is 0 Å². The number of aromatic nitrogens is 2. The van der Waals surface area contributed by atoms with Gasteiger partial charge in [0.25, 0.3) is 0 Å². The molecule has 0 bridgehead atoms. The zero-order valence-corrected chi connectivity index (χ0v) is 15.3. The number of nitrogens with zero attached hydrogens (tertiary/aromatic N) is 2. The van der Waals surface area contributed by atoms with Crippen LogP contribution in [0.4, 0.5) is 5.82 Å². The summed E-state index contributed by atoms with van der Waals surface area (Å²) in [4.78, 5) is 2.45. The Labute approximate surface area is 146 Å². The van der Waals surface area contributed by atoms with Gasteiger partial charge in [0.2, 0.25) is 0 Å². The zero-order valence-electron chi connectivity index (χ0n) is 15.3. The van der Waals surface area contributed by atoms with Crippen LogP contribution >= 0.6 is 0 Å². The van der Waals surface area contributed by atoms with Gasteiger partial charge in [0, 0.05) is 36.9 Å². The van der Waals surface area contributed by atoms with Crippen LogP contribution in [0.25, 0.3) is 0 Å². The van der Waals surface area contributed by atoms with E-state index in [2.05, 4.69) is 33.4 Å². The van der Waals surface area contributed by atoms with Gasteiger partial charge in [0.05, 0.1) is 0 Å². The summed E-state index contributed by atoms with van der Waals surface area (Å²) >= 11 is 0. The van der Waals surface area contributed by atoms with Gasteiger partial charge >= 0.3 is 0 Å². The minimum Gasteiger partial charge on any atom is -0.355 e. The van der Waals surface area contributed by atoms with Gasteiger partial charge in [-0.2, -0.15) is 5.10 Å². The molecule has 1 aliphatic heterocycles. The lowest BCUT2D eigenvalue weighted by molar-refractivity contribution is 0.130. The maximum absolute atomic E-state index is 4.43. The smallest absolute Gasteiger partial charge is 0.150 e. The van der Waals surface area contributed by atoms with Crippen LogP contribution in [-0.4, -0.2) is 35.4 Å². The molecule has 0 radical (unpaired) electrons. The van der Waals surface area contributed by atoms with E-state index in [1.165, 1.54) is 64.2 Å². The number of hydrogen-bond acceptors (Lipinski definition) is 3. The molecule has 1 atom stereocenters. The van der Waals surface area contributed by atoms with E-state index in [0.717, 1.165) is 42.5 Å². The summed E-state index contributed by atoms with van der Waals surface area (Å²) in [6, 6.07) is 3.70. The third-order valence-corrected chi connectivity index (χ3v) is 6.75. The quantitative estimate of drug-likeness (QED) is 0.857. The van der Waals surface area contributed by atoms with Gasteiger partial charge in [0.1, 0.15) is 0 Å². The van der Waals surface area contributed by atoms with Crippen molar-refractivity contribution in [3.8, 4) is 0 Å². The highest BCUT2D eigenvalue weighted by Crippen LogP contribution is 2.38. The SMILES string of the molecule is Cc1cc(N2CCC(NC(C3CCCCC3)C3CCC3)CC2)n[nH]1. The Hall–Kier alpha value is -1.03. The van der Waals surface area contributed by atoms with Gasteiger partial charge in [-0.1, -0.05) is 25.7 Å². The van der Waals surface area contributed by atoms with Crippen molar-refractivity contribution in [1.82, 2.24) is 15.5 Å². The van der Waals surface area contributed by atoms with Crippen LogP contribution in [-0.2, 0) is 0 Å². The van der Waals surface area contributed by atoms with Gasteiger partial charge in [-0.05, 0) is 57.3 Å². The van der Waals surface area contributed by atoms with Crippen LogP contribution in [0, 0.1) is 18.8 Å². The molecular weight excluding hydrogens is 296 g/mol. The molecule has 0 spiro atoms. The topological polar surface area (TPSA) is 44.0 Å².